The lowest BCUT2D eigenvalue weighted by molar-refractivity contribution is 0.0601. The molecule has 0 spiro atoms. The van der Waals surface area contributed by atoms with Gasteiger partial charge in [0, 0.05) is 15.6 Å². The minimum Gasteiger partial charge on any atom is -0.309 e. The average Bonchev–Trinajstić information content (AvgIpc) is 2.48. The van der Waals surface area contributed by atoms with Crippen molar-refractivity contribution >= 4 is 15.9 Å². The highest BCUT2D eigenvalue weighted by atomic mass is 79.9. The highest BCUT2D eigenvalue weighted by Gasteiger charge is 2.37. The number of likely N-dealkylation sites (N-methyl/N-ethyl adjacent to an activating group) is 1. The summed E-state index contributed by atoms with van der Waals surface area (Å²) in [6.45, 7) is 9.57. The first-order chi connectivity index (χ1) is 9.96. The van der Waals surface area contributed by atoms with Crippen LogP contribution in [0, 0.1) is 5.82 Å². The number of nitrogens with one attached hydrogen (secondary N) is 1. The maximum absolute atomic E-state index is 14.4. The predicted octanol–water partition coefficient (Wildman–Crippen LogP) is 4.50. The van der Waals surface area contributed by atoms with Crippen LogP contribution >= 0.6 is 15.9 Å². The molecule has 4 heteroatoms. The maximum atomic E-state index is 14.4. The van der Waals surface area contributed by atoms with E-state index in [1.54, 1.807) is 12.1 Å². The summed E-state index contributed by atoms with van der Waals surface area (Å²) in [7, 11) is 0. The topological polar surface area (TPSA) is 15.3 Å². The number of rotatable bonds is 5. The van der Waals surface area contributed by atoms with Gasteiger partial charge in [0.1, 0.15) is 5.82 Å². The van der Waals surface area contributed by atoms with E-state index in [2.05, 4.69) is 46.9 Å². The number of piperidine rings is 1. The third-order valence-electron chi connectivity index (χ3n) is 4.55. The highest BCUT2D eigenvalue weighted by molar-refractivity contribution is 9.10. The first-order valence-corrected chi connectivity index (χ1v) is 8.69. The van der Waals surface area contributed by atoms with Gasteiger partial charge >= 0.3 is 0 Å². The van der Waals surface area contributed by atoms with Gasteiger partial charge in [0.2, 0.25) is 0 Å². The zero-order valence-electron chi connectivity index (χ0n) is 13.3. The van der Waals surface area contributed by atoms with E-state index in [1.807, 2.05) is 6.07 Å². The van der Waals surface area contributed by atoms with Crippen molar-refractivity contribution in [2.24, 2.45) is 0 Å². The third-order valence-corrected chi connectivity index (χ3v) is 5.05. The Morgan fingerprint density at radius 2 is 1.95 bits per heavy atom. The van der Waals surface area contributed by atoms with Crippen LogP contribution in [0.4, 0.5) is 4.39 Å². The molecular weight excluding hydrogens is 331 g/mol. The van der Waals surface area contributed by atoms with Gasteiger partial charge in [-0.05, 0) is 64.5 Å². The van der Waals surface area contributed by atoms with Gasteiger partial charge in [-0.3, -0.25) is 4.90 Å². The molecule has 0 radical (unpaired) electrons. The molecule has 0 bridgehead atoms. The molecule has 2 nitrogen and oxygen atoms in total. The van der Waals surface area contributed by atoms with Crippen LogP contribution in [0.5, 0.6) is 0 Å². The molecule has 1 saturated heterocycles. The van der Waals surface area contributed by atoms with Crippen molar-refractivity contribution in [3.63, 3.8) is 0 Å². The van der Waals surface area contributed by atoms with E-state index in [1.165, 1.54) is 19.3 Å². The molecule has 1 atom stereocenters. The molecule has 21 heavy (non-hydrogen) atoms. The van der Waals surface area contributed by atoms with Gasteiger partial charge in [-0.15, -0.1) is 0 Å². The van der Waals surface area contributed by atoms with Gasteiger partial charge in [-0.25, -0.2) is 4.39 Å². The molecule has 1 fully saturated rings. The maximum Gasteiger partial charge on any atom is 0.128 e. The summed E-state index contributed by atoms with van der Waals surface area (Å²) in [5.74, 6) is -0.130. The number of nitrogens with zero attached hydrogens (tertiary/aromatic N) is 1. The van der Waals surface area contributed by atoms with Crippen LogP contribution in [0.2, 0.25) is 0 Å². The second-order valence-electron chi connectivity index (χ2n) is 6.36. The second kappa shape index (κ2) is 7.21. The Morgan fingerprint density at radius 1 is 1.29 bits per heavy atom. The van der Waals surface area contributed by atoms with Gasteiger partial charge in [0.15, 0.2) is 0 Å². The van der Waals surface area contributed by atoms with Crippen molar-refractivity contribution in [1.29, 1.82) is 0 Å². The van der Waals surface area contributed by atoms with E-state index in [0.717, 1.165) is 29.7 Å². The smallest absolute Gasteiger partial charge is 0.128 e. The van der Waals surface area contributed by atoms with Crippen molar-refractivity contribution in [3.8, 4) is 0 Å². The van der Waals surface area contributed by atoms with Gasteiger partial charge in [0.25, 0.3) is 0 Å². The van der Waals surface area contributed by atoms with Crippen LogP contribution in [0.25, 0.3) is 0 Å². The first-order valence-electron chi connectivity index (χ1n) is 7.90. The van der Waals surface area contributed by atoms with Gasteiger partial charge < -0.3 is 5.32 Å². The van der Waals surface area contributed by atoms with Crippen molar-refractivity contribution in [1.82, 2.24) is 10.2 Å². The molecule has 1 unspecified atom stereocenters. The molecule has 0 saturated carbocycles. The number of hydrogen-bond donors (Lipinski definition) is 1. The summed E-state index contributed by atoms with van der Waals surface area (Å²) in [6.07, 6.45) is 3.79. The van der Waals surface area contributed by atoms with E-state index in [0.29, 0.717) is 0 Å². The van der Waals surface area contributed by atoms with Crippen LogP contribution in [0.3, 0.4) is 0 Å². The van der Waals surface area contributed by atoms with Crippen LogP contribution in [0.15, 0.2) is 22.7 Å². The monoisotopic (exact) mass is 356 g/mol. The fourth-order valence-electron chi connectivity index (χ4n) is 3.33. The molecule has 1 heterocycles. The molecule has 2 rings (SSSR count). The van der Waals surface area contributed by atoms with E-state index >= 15 is 0 Å². The molecule has 0 amide bonds. The Hall–Kier alpha value is -0.450. The van der Waals surface area contributed by atoms with Crippen molar-refractivity contribution in [2.45, 2.75) is 51.6 Å². The average molecular weight is 357 g/mol. The Kier molecular flexibility index (Phi) is 5.81. The molecule has 1 aromatic rings. The van der Waals surface area contributed by atoms with Crippen molar-refractivity contribution in [3.05, 3.63) is 34.1 Å². The fourth-order valence-corrected chi connectivity index (χ4v) is 3.71. The van der Waals surface area contributed by atoms with Crippen LogP contribution in [0.1, 0.15) is 51.6 Å². The first kappa shape index (κ1) is 16.9. The van der Waals surface area contributed by atoms with Crippen LogP contribution in [-0.2, 0) is 0 Å². The molecule has 1 aliphatic heterocycles. The van der Waals surface area contributed by atoms with Crippen LogP contribution in [-0.4, -0.2) is 30.1 Å². The summed E-state index contributed by atoms with van der Waals surface area (Å²) in [4.78, 5) is 2.50. The molecular formula is C17H26BrFN2. The highest BCUT2D eigenvalue weighted by Crippen LogP contribution is 2.35. The minimum absolute atomic E-state index is 0.0156. The normalized spacial score (nSPS) is 18.7. The SMILES string of the molecule is CCNC(c1cc(Br)ccc1F)C(C)(C)N1CCCCC1. The molecule has 0 aromatic heterocycles. The van der Waals surface area contributed by atoms with Crippen molar-refractivity contribution in [2.75, 3.05) is 19.6 Å². The fraction of sp³-hybridized carbons (Fsp3) is 0.647. The van der Waals surface area contributed by atoms with E-state index in [-0.39, 0.29) is 17.4 Å². The molecule has 1 aromatic carbocycles. The summed E-state index contributed by atoms with van der Waals surface area (Å²) in [5.41, 5.74) is 0.639. The summed E-state index contributed by atoms with van der Waals surface area (Å²) in [5, 5.41) is 3.50. The zero-order chi connectivity index (χ0) is 15.5. The lowest BCUT2D eigenvalue weighted by Crippen LogP contribution is -2.54. The quantitative estimate of drug-likeness (QED) is 0.835. The van der Waals surface area contributed by atoms with E-state index in [4.69, 9.17) is 0 Å². The second-order valence-corrected chi connectivity index (χ2v) is 7.27. The summed E-state index contributed by atoms with van der Waals surface area (Å²) < 4.78 is 15.3. The Bertz CT molecular complexity index is 470. The summed E-state index contributed by atoms with van der Waals surface area (Å²) in [6, 6.07) is 5.21. The molecule has 0 aliphatic carbocycles. The van der Waals surface area contributed by atoms with Gasteiger partial charge in [0.05, 0.1) is 6.04 Å². The third kappa shape index (κ3) is 3.85. The lowest BCUT2D eigenvalue weighted by Gasteiger charge is -2.46. The molecule has 1 N–H and O–H groups in total. The van der Waals surface area contributed by atoms with Crippen molar-refractivity contribution < 1.29 is 4.39 Å². The predicted molar refractivity (Wildman–Crippen MR) is 90.0 cm³/mol. The van der Waals surface area contributed by atoms with Gasteiger partial charge in [-0.1, -0.05) is 29.3 Å². The lowest BCUT2D eigenvalue weighted by atomic mass is 9.85. The summed E-state index contributed by atoms with van der Waals surface area (Å²) >= 11 is 3.47. The van der Waals surface area contributed by atoms with Gasteiger partial charge in [-0.2, -0.15) is 0 Å². The largest absolute Gasteiger partial charge is 0.309 e. The standard InChI is InChI=1S/C17H26BrFN2/c1-4-20-16(14-12-13(18)8-9-15(14)19)17(2,3)21-10-6-5-7-11-21/h8-9,12,16,20H,4-7,10-11H2,1-3H3. The van der Waals surface area contributed by atoms with Crippen LogP contribution < -0.4 is 5.32 Å². The number of halogens is 2. The number of benzene rings is 1. The van der Waals surface area contributed by atoms with E-state index < -0.39 is 0 Å². The zero-order valence-corrected chi connectivity index (χ0v) is 14.8. The Morgan fingerprint density at radius 3 is 2.57 bits per heavy atom. The molecule has 1 aliphatic rings. The Balaban J connectivity index is 2.34. The number of hydrogen-bond acceptors (Lipinski definition) is 2. The minimum atomic E-state index is -0.130. The number of likely N-dealkylation sites (tertiary alicyclic amines) is 1. The Labute approximate surface area is 136 Å². The molecule has 118 valence electrons. The van der Waals surface area contributed by atoms with E-state index in [9.17, 15) is 4.39 Å².